The zero-order chi connectivity index (χ0) is 10.1. The van der Waals surface area contributed by atoms with E-state index in [1.165, 1.54) is 0 Å². The lowest BCUT2D eigenvalue weighted by molar-refractivity contribution is 0.283. The minimum Gasteiger partial charge on any atom is -0.392 e. The molecule has 0 saturated carbocycles. The summed E-state index contributed by atoms with van der Waals surface area (Å²) in [5, 5.41) is 12.0. The molecule has 0 amide bonds. The van der Waals surface area contributed by atoms with Crippen molar-refractivity contribution in [2.75, 3.05) is 0 Å². The summed E-state index contributed by atoms with van der Waals surface area (Å²) in [6.07, 6.45) is 0. The number of fused-ring (bicyclic) bond motifs is 1. The van der Waals surface area contributed by atoms with Gasteiger partial charge in [0, 0.05) is 10.4 Å². The average molecular weight is 207 g/mol. The monoisotopic (exact) mass is 206 g/mol. The SMILES string of the molecule is Cc1ccc(Cl)c2cccc(CO)c12. The highest BCUT2D eigenvalue weighted by Gasteiger charge is 2.05. The molecule has 1 nitrogen and oxygen atoms in total. The summed E-state index contributed by atoms with van der Waals surface area (Å²) in [7, 11) is 0. The summed E-state index contributed by atoms with van der Waals surface area (Å²) in [6.45, 7) is 2.08. The van der Waals surface area contributed by atoms with Gasteiger partial charge in [0.1, 0.15) is 0 Å². The molecule has 72 valence electrons. The van der Waals surface area contributed by atoms with Gasteiger partial charge in [-0.2, -0.15) is 0 Å². The van der Waals surface area contributed by atoms with Crippen LogP contribution < -0.4 is 0 Å². The summed E-state index contributed by atoms with van der Waals surface area (Å²) >= 11 is 6.08. The number of aliphatic hydroxyl groups is 1. The first-order valence-corrected chi connectivity index (χ1v) is 4.89. The smallest absolute Gasteiger partial charge is 0.0687 e. The molecule has 0 aromatic heterocycles. The van der Waals surface area contributed by atoms with Crippen molar-refractivity contribution in [1.29, 1.82) is 0 Å². The van der Waals surface area contributed by atoms with E-state index in [0.717, 1.165) is 26.9 Å². The number of halogens is 1. The van der Waals surface area contributed by atoms with Crippen molar-refractivity contribution >= 4 is 22.4 Å². The van der Waals surface area contributed by atoms with Crippen molar-refractivity contribution in [1.82, 2.24) is 0 Å². The van der Waals surface area contributed by atoms with E-state index in [1.54, 1.807) is 0 Å². The second-order valence-corrected chi connectivity index (χ2v) is 3.77. The van der Waals surface area contributed by atoms with E-state index in [0.29, 0.717) is 0 Å². The van der Waals surface area contributed by atoms with E-state index in [9.17, 15) is 5.11 Å². The topological polar surface area (TPSA) is 20.2 Å². The van der Waals surface area contributed by atoms with E-state index < -0.39 is 0 Å². The molecular formula is C12H11ClO. The van der Waals surface area contributed by atoms with Crippen LogP contribution in [-0.2, 0) is 6.61 Å². The van der Waals surface area contributed by atoms with E-state index in [2.05, 4.69) is 0 Å². The first-order valence-electron chi connectivity index (χ1n) is 4.51. The Kier molecular flexibility index (Phi) is 2.44. The van der Waals surface area contributed by atoms with Gasteiger partial charge in [-0.05, 0) is 29.5 Å². The van der Waals surface area contributed by atoms with Gasteiger partial charge in [0.2, 0.25) is 0 Å². The van der Waals surface area contributed by atoms with Gasteiger partial charge in [-0.1, -0.05) is 35.9 Å². The first-order chi connectivity index (χ1) is 6.74. The van der Waals surface area contributed by atoms with Gasteiger partial charge in [0.05, 0.1) is 6.61 Å². The molecule has 0 unspecified atom stereocenters. The lowest BCUT2D eigenvalue weighted by Gasteiger charge is -2.08. The Bertz CT molecular complexity index is 477. The summed E-state index contributed by atoms with van der Waals surface area (Å²) in [6, 6.07) is 9.68. The van der Waals surface area contributed by atoms with Crippen LogP contribution >= 0.6 is 11.6 Å². The first kappa shape index (κ1) is 9.50. The van der Waals surface area contributed by atoms with Crippen LogP contribution in [0.15, 0.2) is 30.3 Å². The Morgan fingerprint density at radius 2 is 2.00 bits per heavy atom. The third kappa shape index (κ3) is 1.39. The predicted octanol–water partition coefficient (Wildman–Crippen LogP) is 3.29. The van der Waals surface area contributed by atoms with Crippen LogP contribution in [-0.4, -0.2) is 5.11 Å². The van der Waals surface area contributed by atoms with Gasteiger partial charge >= 0.3 is 0 Å². The molecule has 2 rings (SSSR count). The maximum Gasteiger partial charge on any atom is 0.0687 e. The van der Waals surface area contributed by atoms with Gasteiger partial charge in [0.25, 0.3) is 0 Å². The lowest BCUT2D eigenvalue weighted by atomic mass is 10.0. The Morgan fingerprint density at radius 1 is 1.21 bits per heavy atom. The second-order valence-electron chi connectivity index (χ2n) is 3.36. The molecule has 2 heteroatoms. The van der Waals surface area contributed by atoms with Crippen LogP contribution in [0.2, 0.25) is 5.02 Å². The highest BCUT2D eigenvalue weighted by atomic mass is 35.5. The zero-order valence-corrected chi connectivity index (χ0v) is 8.67. The number of benzene rings is 2. The number of hydrogen-bond acceptors (Lipinski definition) is 1. The Morgan fingerprint density at radius 3 is 2.71 bits per heavy atom. The molecule has 0 saturated heterocycles. The Labute approximate surface area is 87.9 Å². The van der Waals surface area contributed by atoms with E-state index in [1.807, 2.05) is 37.3 Å². The van der Waals surface area contributed by atoms with Gasteiger partial charge in [-0.3, -0.25) is 0 Å². The molecule has 0 aliphatic rings. The normalized spacial score (nSPS) is 10.8. The standard InChI is InChI=1S/C12H11ClO/c1-8-5-6-11(13)10-4-2-3-9(7-14)12(8)10/h2-6,14H,7H2,1H3. The highest BCUT2D eigenvalue weighted by molar-refractivity contribution is 6.35. The van der Waals surface area contributed by atoms with Crippen LogP contribution in [0.25, 0.3) is 10.8 Å². The second kappa shape index (κ2) is 3.60. The largest absolute Gasteiger partial charge is 0.392 e. The third-order valence-corrected chi connectivity index (χ3v) is 2.78. The molecule has 0 aliphatic carbocycles. The van der Waals surface area contributed by atoms with E-state index in [-0.39, 0.29) is 6.61 Å². The molecule has 0 heterocycles. The third-order valence-electron chi connectivity index (χ3n) is 2.45. The molecule has 0 bridgehead atoms. The number of rotatable bonds is 1. The number of aryl methyl sites for hydroxylation is 1. The number of hydrogen-bond donors (Lipinski definition) is 1. The predicted molar refractivity (Wildman–Crippen MR) is 59.6 cm³/mol. The molecule has 0 radical (unpaired) electrons. The minimum atomic E-state index is 0.0541. The van der Waals surface area contributed by atoms with Gasteiger partial charge in [-0.15, -0.1) is 0 Å². The molecule has 1 N–H and O–H groups in total. The maximum absolute atomic E-state index is 9.21. The van der Waals surface area contributed by atoms with E-state index >= 15 is 0 Å². The minimum absolute atomic E-state index is 0.0541. The zero-order valence-electron chi connectivity index (χ0n) is 7.92. The van der Waals surface area contributed by atoms with Crippen LogP contribution in [0.3, 0.4) is 0 Å². The Balaban J connectivity index is 2.92. The van der Waals surface area contributed by atoms with Crippen molar-refractivity contribution in [2.24, 2.45) is 0 Å². The van der Waals surface area contributed by atoms with Crippen LogP contribution in [0.4, 0.5) is 0 Å². The van der Waals surface area contributed by atoms with Gasteiger partial charge in [-0.25, -0.2) is 0 Å². The summed E-state index contributed by atoms with van der Waals surface area (Å²) in [5.41, 5.74) is 2.08. The van der Waals surface area contributed by atoms with Crippen molar-refractivity contribution in [3.63, 3.8) is 0 Å². The molecule has 0 atom stereocenters. The lowest BCUT2D eigenvalue weighted by Crippen LogP contribution is -1.88. The van der Waals surface area contributed by atoms with Crippen LogP contribution in [0.5, 0.6) is 0 Å². The van der Waals surface area contributed by atoms with Gasteiger partial charge < -0.3 is 5.11 Å². The fraction of sp³-hybridized carbons (Fsp3) is 0.167. The van der Waals surface area contributed by atoms with Gasteiger partial charge in [0.15, 0.2) is 0 Å². The van der Waals surface area contributed by atoms with Crippen molar-refractivity contribution in [2.45, 2.75) is 13.5 Å². The van der Waals surface area contributed by atoms with Crippen molar-refractivity contribution < 1.29 is 5.11 Å². The van der Waals surface area contributed by atoms with Crippen LogP contribution in [0.1, 0.15) is 11.1 Å². The molecule has 0 spiro atoms. The molecule has 0 fully saturated rings. The Hall–Kier alpha value is -1.05. The average Bonchev–Trinajstić information content (AvgIpc) is 2.23. The number of aliphatic hydroxyl groups excluding tert-OH is 1. The van der Waals surface area contributed by atoms with Crippen LogP contribution in [0, 0.1) is 6.92 Å². The molecule has 14 heavy (non-hydrogen) atoms. The molecule has 2 aromatic rings. The fourth-order valence-corrected chi connectivity index (χ4v) is 1.99. The maximum atomic E-state index is 9.21. The summed E-state index contributed by atoms with van der Waals surface area (Å²) in [4.78, 5) is 0. The molecular weight excluding hydrogens is 196 g/mol. The summed E-state index contributed by atoms with van der Waals surface area (Å²) < 4.78 is 0. The quantitative estimate of drug-likeness (QED) is 0.759. The van der Waals surface area contributed by atoms with E-state index in [4.69, 9.17) is 11.6 Å². The van der Waals surface area contributed by atoms with Crippen molar-refractivity contribution in [3.05, 3.63) is 46.5 Å². The molecule has 0 aliphatic heterocycles. The molecule has 2 aromatic carbocycles. The summed E-state index contributed by atoms with van der Waals surface area (Å²) in [5.74, 6) is 0. The fourth-order valence-electron chi connectivity index (χ4n) is 1.77. The highest BCUT2D eigenvalue weighted by Crippen LogP contribution is 2.28. The van der Waals surface area contributed by atoms with Crippen molar-refractivity contribution in [3.8, 4) is 0 Å².